The van der Waals surface area contributed by atoms with Crippen LogP contribution >= 0.6 is 22.6 Å². The molecular weight excluding hydrogens is 382 g/mol. The van der Waals surface area contributed by atoms with Crippen LogP contribution in [0.15, 0.2) is 36.4 Å². The van der Waals surface area contributed by atoms with Crippen LogP contribution in [0.4, 0.5) is 10.1 Å². The smallest absolute Gasteiger partial charge is 0.228 e. The quantitative estimate of drug-likeness (QED) is 0.557. The van der Waals surface area contributed by atoms with Crippen molar-refractivity contribution < 1.29 is 9.18 Å². The van der Waals surface area contributed by atoms with Crippen molar-refractivity contribution in [1.29, 1.82) is 0 Å². The van der Waals surface area contributed by atoms with Gasteiger partial charge in [-0.1, -0.05) is 0 Å². The highest BCUT2D eigenvalue weighted by molar-refractivity contribution is 14.1. The minimum atomic E-state index is -0.316. The van der Waals surface area contributed by atoms with Crippen molar-refractivity contribution in [2.75, 3.05) is 5.32 Å². The van der Waals surface area contributed by atoms with E-state index in [1.807, 2.05) is 18.2 Å². The molecule has 1 aliphatic heterocycles. The Morgan fingerprint density at radius 2 is 2.00 bits per heavy atom. The maximum Gasteiger partial charge on any atom is 0.228 e. The van der Waals surface area contributed by atoms with E-state index in [1.54, 1.807) is 6.07 Å². The lowest BCUT2D eigenvalue weighted by atomic mass is 10.0. The van der Waals surface area contributed by atoms with E-state index >= 15 is 0 Å². The number of carbonyl (C=O) groups is 1. The second kappa shape index (κ2) is 4.56. The standard InChI is InChI=1S/C16H10FIN2O/c17-8-1-3-14-12(5-8)16-11(7-15(21)19-14)10-6-9(18)2-4-13(10)20-16/h1-6,20H,7H2,(H,19,21). The molecule has 4 rings (SSSR count). The van der Waals surface area contributed by atoms with Crippen molar-refractivity contribution in [2.24, 2.45) is 0 Å². The molecular formula is C16H10FIN2O. The number of nitrogens with one attached hydrogen (secondary N) is 2. The molecule has 0 aliphatic carbocycles. The van der Waals surface area contributed by atoms with E-state index in [0.29, 0.717) is 11.3 Å². The van der Waals surface area contributed by atoms with Gasteiger partial charge in [0.05, 0.1) is 17.8 Å². The Balaban J connectivity index is 2.10. The molecule has 1 aliphatic rings. The number of rotatable bonds is 0. The molecule has 2 N–H and O–H groups in total. The Labute approximate surface area is 133 Å². The van der Waals surface area contributed by atoms with E-state index < -0.39 is 0 Å². The predicted octanol–water partition coefficient (Wildman–Crippen LogP) is 4.07. The fraction of sp³-hybridized carbons (Fsp3) is 0.0625. The van der Waals surface area contributed by atoms with Crippen LogP contribution in [0.3, 0.4) is 0 Å². The number of anilines is 1. The van der Waals surface area contributed by atoms with Crippen molar-refractivity contribution in [3.05, 3.63) is 51.3 Å². The topological polar surface area (TPSA) is 44.9 Å². The fourth-order valence-corrected chi connectivity index (χ4v) is 3.31. The summed E-state index contributed by atoms with van der Waals surface area (Å²) < 4.78 is 14.7. The van der Waals surface area contributed by atoms with Crippen molar-refractivity contribution >= 4 is 45.1 Å². The zero-order valence-electron chi connectivity index (χ0n) is 10.8. The highest BCUT2D eigenvalue weighted by atomic mass is 127. The van der Waals surface area contributed by atoms with Gasteiger partial charge in [0, 0.05) is 20.0 Å². The molecule has 0 spiro atoms. The molecule has 3 aromatic rings. The van der Waals surface area contributed by atoms with Gasteiger partial charge in [0.25, 0.3) is 0 Å². The molecule has 0 unspecified atom stereocenters. The van der Waals surface area contributed by atoms with Crippen LogP contribution in [0.5, 0.6) is 0 Å². The number of benzene rings is 2. The molecule has 0 saturated carbocycles. The average Bonchev–Trinajstić information content (AvgIpc) is 2.72. The van der Waals surface area contributed by atoms with Gasteiger partial charge in [-0.15, -0.1) is 0 Å². The van der Waals surface area contributed by atoms with Crippen LogP contribution in [0, 0.1) is 9.39 Å². The predicted molar refractivity (Wildman–Crippen MR) is 88.7 cm³/mol. The summed E-state index contributed by atoms with van der Waals surface area (Å²) in [6.45, 7) is 0. The van der Waals surface area contributed by atoms with Gasteiger partial charge in [0.2, 0.25) is 5.91 Å². The molecule has 0 radical (unpaired) electrons. The monoisotopic (exact) mass is 392 g/mol. The van der Waals surface area contributed by atoms with Gasteiger partial charge < -0.3 is 10.3 Å². The molecule has 1 aromatic heterocycles. The van der Waals surface area contributed by atoms with Crippen molar-refractivity contribution in [3.63, 3.8) is 0 Å². The number of fused-ring (bicyclic) bond motifs is 5. The van der Waals surface area contributed by atoms with Gasteiger partial charge in [-0.3, -0.25) is 4.79 Å². The van der Waals surface area contributed by atoms with Crippen molar-refractivity contribution in [2.45, 2.75) is 6.42 Å². The van der Waals surface area contributed by atoms with Crippen LogP contribution < -0.4 is 5.32 Å². The summed E-state index contributed by atoms with van der Waals surface area (Å²) in [6, 6.07) is 10.5. The lowest BCUT2D eigenvalue weighted by Crippen LogP contribution is -2.12. The zero-order valence-corrected chi connectivity index (χ0v) is 13.0. The number of carbonyl (C=O) groups excluding carboxylic acids is 1. The Morgan fingerprint density at radius 1 is 1.14 bits per heavy atom. The normalized spacial score (nSPS) is 13.5. The van der Waals surface area contributed by atoms with Gasteiger partial charge in [0.15, 0.2) is 0 Å². The summed E-state index contributed by atoms with van der Waals surface area (Å²) in [5.41, 5.74) is 4.04. The molecule has 0 saturated heterocycles. The average molecular weight is 392 g/mol. The lowest BCUT2D eigenvalue weighted by Gasteiger charge is -2.06. The number of H-pyrrole nitrogens is 1. The molecule has 5 heteroatoms. The zero-order chi connectivity index (χ0) is 14.6. The van der Waals surface area contributed by atoms with Crippen LogP contribution in [-0.2, 0) is 11.2 Å². The van der Waals surface area contributed by atoms with Crippen LogP contribution in [0.1, 0.15) is 5.56 Å². The Morgan fingerprint density at radius 3 is 2.86 bits per heavy atom. The first-order valence-corrected chi connectivity index (χ1v) is 7.59. The first-order chi connectivity index (χ1) is 10.1. The van der Waals surface area contributed by atoms with Gasteiger partial charge >= 0.3 is 0 Å². The van der Waals surface area contributed by atoms with Gasteiger partial charge in [0.1, 0.15) is 5.82 Å². The van der Waals surface area contributed by atoms with E-state index in [4.69, 9.17) is 0 Å². The molecule has 1 amide bonds. The van der Waals surface area contributed by atoms with E-state index in [2.05, 4.69) is 32.9 Å². The number of halogens is 2. The Kier molecular flexibility index (Phi) is 2.78. The van der Waals surface area contributed by atoms with Gasteiger partial charge in [-0.05, 0) is 64.6 Å². The first-order valence-electron chi connectivity index (χ1n) is 6.52. The molecule has 2 aromatic carbocycles. The minimum absolute atomic E-state index is 0.0821. The minimum Gasteiger partial charge on any atom is -0.354 e. The third-order valence-electron chi connectivity index (χ3n) is 3.73. The number of amides is 1. The molecule has 104 valence electrons. The maximum atomic E-state index is 13.6. The summed E-state index contributed by atoms with van der Waals surface area (Å²) in [5.74, 6) is -0.398. The fourth-order valence-electron chi connectivity index (χ4n) is 2.82. The van der Waals surface area contributed by atoms with Gasteiger partial charge in [-0.25, -0.2) is 4.39 Å². The molecule has 0 atom stereocenters. The molecule has 0 fully saturated rings. The second-order valence-electron chi connectivity index (χ2n) is 5.08. The van der Waals surface area contributed by atoms with Gasteiger partial charge in [-0.2, -0.15) is 0 Å². The first kappa shape index (κ1) is 12.8. The van der Waals surface area contributed by atoms with Crippen LogP contribution in [0.25, 0.3) is 22.2 Å². The van der Waals surface area contributed by atoms with Crippen molar-refractivity contribution in [3.8, 4) is 11.3 Å². The summed E-state index contributed by atoms with van der Waals surface area (Å²) in [4.78, 5) is 15.4. The summed E-state index contributed by atoms with van der Waals surface area (Å²) in [5, 5.41) is 3.85. The SMILES string of the molecule is O=C1Cc2c([nH]c3ccc(I)cc23)-c2cc(F)ccc2N1. The Bertz CT molecular complexity index is 901. The van der Waals surface area contributed by atoms with Crippen LogP contribution in [-0.4, -0.2) is 10.9 Å². The molecule has 2 heterocycles. The Hall–Kier alpha value is -1.89. The number of aromatic amines is 1. The summed E-state index contributed by atoms with van der Waals surface area (Å²) in [7, 11) is 0. The van der Waals surface area contributed by atoms with E-state index in [-0.39, 0.29) is 18.1 Å². The largest absolute Gasteiger partial charge is 0.354 e. The highest BCUT2D eigenvalue weighted by Crippen LogP contribution is 2.38. The molecule has 21 heavy (non-hydrogen) atoms. The third-order valence-corrected chi connectivity index (χ3v) is 4.40. The van der Waals surface area contributed by atoms with E-state index in [9.17, 15) is 9.18 Å². The number of hydrogen-bond acceptors (Lipinski definition) is 1. The lowest BCUT2D eigenvalue weighted by molar-refractivity contribution is -0.115. The molecule has 0 bridgehead atoms. The highest BCUT2D eigenvalue weighted by Gasteiger charge is 2.23. The summed E-state index contributed by atoms with van der Waals surface area (Å²) in [6.07, 6.45) is 0.283. The van der Waals surface area contributed by atoms with E-state index in [0.717, 1.165) is 25.7 Å². The molecule has 3 nitrogen and oxygen atoms in total. The summed E-state index contributed by atoms with van der Waals surface area (Å²) >= 11 is 2.25. The maximum absolute atomic E-state index is 13.6. The second-order valence-corrected chi connectivity index (χ2v) is 6.33. The van der Waals surface area contributed by atoms with Crippen molar-refractivity contribution in [1.82, 2.24) is 4.98 Å². The van der Waals surface area contributed by atoms with E-state index in [1.165, 1.54) is 12.1 Å². The van der Waals surface area contributed by atoms with Crippen LogP contribution in [0.2, 0.25) is 0 Å². The number of aromatic nitrogens is 1. The number of hydrogen-bond donors (Lipinski definition) is 2. The third kappa shape index (κ3) is 2.03.